The molecule has 0 aliphatic carbocycles. The molecule has 16 nitrogen and oxygen atoms in total. The number of phenols is 2. The van der Waals surface area contributed by atoms with E-state index >= 15 is 0 Å². The van der Waals surface area contributed by atoms with Gasteiger partial charge in [-0.15, -0.1) is 0 Å². The third-order valence-corrected chi connectivity index (χ3v) is 24.4. The van der Waals surface area contributed by atoms with Crippen LogP contribution in [0.2, 0.25) is 0 Å². The zero-order chi connectivity index (χ0) is 58.7. The lowest BCUT2D eigenvalue weighted by atomic mass is 10.2. The Kier molecular flexibility index (Phi) is 15.9. The summed E-state index contributed by atoms with van der Waals surface area (Å²) >= 11 is 0. The number of rotatable bonds is 17. The highest BCUT2D eigenvalue weighted by Gasteiger charge is 2.33. The minimum absolute atomic E-state index is 0.163. The van der Waals surface area contributed by atoms with Gasteiger partial charge < -0.3 is 19.7 Å². The number of phenolic OH excluding ortho intramolecular Hbond substituents is 2. The zero-order valence-electron chi connectivity index (χ0n) is 44.3. The standard InChI is InChI=1S/C58H54O16S6/c1-35-9-13-39(5)51(27-35)77(65,66)55-31-43(17-21-47(55)59)75(61,62)45-19-23-49(57(33-45)79(69,70)53-29-37(3)11-15-41(53)7)73-25-26-74-50-24-20-46(34-58(50)80(71,72)54-30-38(4)12-16-42(54)8)76(63,64)44-18-22-48(60)56(32-44)78(67,68)52-28-36(2)10-14-40(52)6/h9-24,27-34,59-60H,25-26H2,1-8H3. The van der Waals surface area contributed by atoms with Crippen molar-refractivity contribution in [2.45, 2.75) is 114 Å². The van der Waals surface area contributed by atoms with Crippen LogP contribution in [-0.4, -0.2) is 73.9 Å². The highest BCUT2D eigenvalue weighted by atomic mass is 32.2. The van der Waals surface area contributed by atoms with Crippen molar-refractivity contribution in [1.82, 2.24) is 0 Å². The number of ether oxygens (including phenoxy) is 2. The fraction of sp³-hybridized carbons (Fsp3) is 0.172. The Morgan fingerprint density at radius 1 is 0.275 bits per heavy atom. The Bertz CT molecular complexity index is 4280. The summed E-state index contributed by atoms with van der Waals surface area (Å²) in [5.41, 5.74) is 3.56. The van der Waals surface area contributed by atoms with Crippen LogP contribution in [0.3, 0.4) is 0 Å². The third kappa shape index (κ3) is 11.1. The molecular weight excluding hydrogens is 1150 g/mol. The van der Waals surface area contributed by atoms with E-state index in [9.17, 15) is 60.7 Å². The van der Waals surface area contributed by atoms with Crippen molar-refractivity contribution in [3.63, 3.8) is 0 Å². The van der Waals surface area contributed by atoms with Gasteiger partial charge in [0.15, 0.2) is 0 Å². The monoisotopic (exact) mass is 1200 g/mol. The summed E-state index contributed by atoms with van der Waals surface area (Å²) in [6.45, 7) is 11.8. The van der Waals surface area contributed by atoms with Gasteiger partial charge in [0, 0.05) is 0 Å². The van der Waals surface area contributed by atoms with Crippen molar-refractivity contribution in [3.05, 3.63) is 190 Å². The van der Waals surface area contributed by atoms with Gasteiger partial charge in [0.05, 0.1) is 39.2 Å². The van der Waals surface area contributed by atoms with E-state index in [1.54, 1.807) is 90.1 Å². The fourth-order valence-corrected chi connectivity index (χ4v) is 18.6. The van der Waals surface area contributed by atoms with Gasteiger partial charge >= 0.3 is 0 Å². The summed E-state index contributed by atoms with van der Waals surface area (Å²) in [5.74, 6) is -2.18. The highest BCUT2D eigenvalue weighted by molar-refractivity contribution is 7.93. The second-order valence-corrected chi connectivity index (χ2v) is 30.7. The summed E-state index contributed by atoms with van der Waals surface area (Å²) in [6.07, 6.45) is 0. The second-order valence-electron chi connectivity index (χ2n) is 19.3. The topological polar surface area (TPSA) is 264 Å². The number of aryl methyl sites for hydroxylation is 8. The van der Waals surface area contributed by atoms with Crippen LogP contribution >= 0.6 is 0 Å². The molecular formula is C58H54O16S6. The van der Waals surface area contributed by atoms with Crippen molar-refractivity contribution in [1.29, 1.82) is 0 Å². The van der Waals surface area contributed by atoms with Gasteiger partial charge in [0.1, 0.15) is 55.8 Å². The molecule has 8 aromatic carbocycles. The Morgan fingerprint density at radius 2 is 0.512 bits per heavy atom. The SMILES string of the molecule is Cc1ccc(C)c(S(=O)(=O)c2cc(S(=O)(=O)c3ccc(OCCOc4ccc(S(=O)(=O)c5ccc(O)c(S(=O)(=O)c6cc(C)ccc6C)c5)cc4S(=O)(=O)c4cc(C)ccc4C)c(S(=O)(=O)c4cc(C)ccc4C)c3)ccc2O)c1. The average molecular weight is 1200 g/mol. The van der Waals surface area contributed by atoms with Crippen LogP contribution in [0, 0.1) is 55.4 Å². The summed E-state index contributed by atoms with van der Waals surface area (Å²) < 4.78 is 184. The molecule has 8 rings (SSSR count). The molecule has 0 heterocycles. The first kappa shape index (κ1) is 58.8. The molecule has 22 heteroatoms. The van der Waals surface area contributed by atoms with Crippen molar-refractivity contribution in [3.8, 4) is 23.0 Å². The van der Waals surface area contributed by atoms with Gasteiger partial charge in [-0.05, 0) is 197 Å². The first-order valence-electron chi connectivity index (χ1n) is 24.3. The summed E-state index contributed by atoms with van der Waals surface area (Å²) in [5, 5.41) is 21.6. The molecule has 0 spiro atoms. The van der Waals surface area contributed by atoms with E-state index in [0.717, 1.165) is 72.8 Å². The molecule has 0 saturated carbocycles. The van der Waals surface area contributed by atoms with E-state index in [1.165, 1.54) is 38.1 Å². The number of sulfone groups is 6. The van der Waals surface area contributed by atoms with Crippen LogP contribution < -0.4 is 9.47 Å². The zero-order valence-corrected chi connectivity index (χ0v) is 49.2. The van der Waals surface area contributed by atoms with E-state index < -0.39 is 123 Å². The van der Waals surface area contributed by atoms with Crippen LogP contribution in [0.4, 0.5) is 0 Å². The van der Waals surface area contributed by atoms with Crippen LogP contribution in [0.25, 0.3) is 0 Å². The maximum absolute atomic E-state index is 14.7. The molecule has 2 N–H and O–H groups in total. The normalized spacial score (nSPS) is 12.6. The lowest BCUT2D eigenvalue weighted by Crippen LogP contribution is -2.15. The van der Waals surface area contributed by atoms with Crippen molar-refractivity contribution in [2.75, 3.05) is 13.2 Å². The highest BCUT2D eigenvalue weighted by Crippen LogP contribution is 2.41. The molecule has 0 saturated heterocycles. The Labute approximate surface area is 466 Å². The number of hydrogen-bond acceptors (Lipinski definition) is 16. The maximum Gasteiger partial charge on any atom is 0.210 e. The molecule has 0 bridgehead atoms. The summed E-state index contributed by atoms with van der Waals surface area (Å²) in [7, 11) is -27.8. The summed E-state index contributed by atoms with van der Waals surface area (Å²) in [6, 6.07) is 29.9. The predicted molar refractivity (Wildman–Crippen MR) is 296 cm³/mol. The minimum Gasteiger partial charge on any atom is -0.507 e. The van der Waals surface area contributed by atoms with Crippen LogP contribution in [0.5, 0.6) is 23.0 Å². The molecule has 0 unspecified atom stereocenters. The number of benzene rings is 8. The Morgan fingerprint density at radius 3 is 0.787 bits per heavy atom. The van der Waals surface area contributed by atoms with Gasteiger partial charge in [-0.1, -0.05) is 48.5 Å². The first-order valence-corrected chi connectivity index (χ1v) is 33.2. The lowest BCUT2D eigenvalue weighted by molar-refractivity contribution is 0.210. The van der Waals surface area contributed by atoms with Gasteiger partial charge in [0.2, 0.25) is 59.0 Å². The van der Waals surface area contributed by atoms with Crippen molar-refractivity contribution >= 4 is 59.0 Å². The van der Waals surface area contributed by atoms with E-state index in [-0.39, 0.29) is 31.1 Å². The van der Waals surface area contributed by atoms with E-state index in [4.69, 9.17) is 9.47 Å². The van der Waals surface area contributed by atoms with Gasteiger partial charge in [-0.3, -0.25) is 0 Å². The Hall–Kier alpha value is -7.34. The van der Waals surface area contributed by atoms with Crippen LogP contribution in [0.15, 0.2) is 204 Å². The molecule has 8 aromatic rings. The predicted octanol–water partition coefficient (Wildman–Crippen LogP) is 10.0. The van der Waals surface area contributed by atoms with Gasteiger partial charge in [-0.2, -0.15) is 0 Å². The Balaban J connectivity index is 1.16. The molecule has 0 aliphatic heterocycles. The minimum atomic E-state index is -4.76. The molecule has 0 atom stereocenters. The molecule has 0 aromatic heterocycles. The second kappa shape index (κ2) is 21.6. The number of aromatic hydroxyl groups is 2. The molecule has 80 heavy (non-hydrogen) atoms. The lowest BCUT2D eigenvalue weighted by Gasteiger charge is -2.18. The third-order valence-electron chi connectivity index (χ3n) is 13.2. The average Bonchev–Trinajstić information content (AvgIpc) is 3.60. The number of hydrogen-bond donors (Lipinski definition) is 2. The van der Waals surface area contributed by atoms with E-state index in [1.807, 2.05) is 0 Å². The van der Waals surface area contributed by atoms with Crippen molar-refractivity contribution in [2.24, 2.45) is 0 Å². The maximum atomic E-state index is 14.7. The van der Waals surface area contributed by atoms with Gasteiger partial charge in [0.25, 0.3) is 0 Å². The molecule has 0 radical (unpaired) electrons. The van der Waals surface area contributed by atoms with Gasteiger partial charge in [-0.25, -0.2) is 50.5 Å². The van der Waals surface area contributed by atoms with Crippen LogP contribution in [-0.2, 0) is 59.0 Å². The summed E-state index contributed by atoms with van der Waals surface area (Å²) in [4.78, 5) is -5.72. The molecule has 418 valence electrons. The fourth-order valence-electron chi connectivity index (χ4n) is 8.76. The quantitative estimate of drug-likeness (QED) is 0.0803. The van der Waals surface area contributed by atoms with Crippen LogP contribution in [0.1, 0.15) is 44.5 Å². The van der Waals surface area contributed by atoms with E-state index in [0.29, 0.717) is 44.5 Å². The molecule has 0 fully saturated rings. The van der Waals surface area contributed by atoms with Crippen molar-refractivity contribution < 1.29 is 70.2 Å². The largest absolute Gasteiger partial charge is 0.507 e. The molecule has 0 aliphatic rings. The smallest absolute Gasteiger partial charge is 0.210 e. The molecule has 0 amide bonds. The first-order chi connectivity index (χ1) is 37.3. The van der Waals surface area contributed by atoms with E-state index in [2.05, 4.69) is 0 Å².